The fourth-order valence-electron chi connectivity index (χ4n) is 2.30. The van der Waals surface area contributed by atoms with Gasteiger partial charge in [0.15, 0.2) is 5.96 Å². The van der Waals surface area contributed by atoms with Crippen LogP contribution in [0.4, 0.5) is 5.69 Å². The largest absolute Gasteiger partial charge is 0.495 e. The first kappa shape index (κ1) is 20.6. The van der Waals surface area contributed by atoms with Crippen LogP contribution in [0.1, 0.15) is 19.4 Å². The topological polar surface area (TPSA) is 59.6 Å². The second-order valence-corrected chi connectivity index (χ2v) is 6.30. The van der Waals surface area contributed by atoms with Crippen LogP contribution < -0.4 is 15.8 Å². The summed E-state index contributed by atoms with van der Waals surface area (Å²) in [5, 5.41) is 3.81. The highest BCUT2D eigenvalue weighted by Gasteiger charge is 2.22. The molecule has 0 fully saturated rings. The van der Waals surface area contributed by atoms with Gasteiger partial charge in [0.1, 0.15) is 5.75 Å². The molecule has 2 aromatic carbocycles. The first-order chi connectivity index (χ1) is 10.9. The third-order valence-corrected chi connectivity index (χ3v) is 3.95. The Balaban J connectivity index is 0.00000288. The van der Waals surface area contributed by atoms with Crippen molar-refractivity contribution in [1.82, 2.24) is 0 Å². The summed E-state index contributed by atoms with van der Waals surface area (Å²) < 4.78 is 5.29. The zero-order valence-corrected chi connectivity index (χ0v) is 17.1. The van der Waals surface area contributed by atoms with Gasteiger partial charge in [-0.05, 0) is 23.8 Å². The highest BCUT2D eigenvalue weighted by molar-refractivity contribution is 14.0. The Morgan fingerprint density at radius 1 is 1.17 bits per heavy atom. The van der Waals surface area contributed by atoms with Gasteiger partial charge in [0.2, 0.25) is 0 Å². The van der Waals surface area contributed by atoms with E-state index >= 15 is 0 Å². The monoisotopic (exact) mass is 459 g/mol. The molecular formula is C18H23ClIN3O. The molecule has 0 aliphatic rings. The van der Waals surface area contributed by atoms with E-state index in [1.807, 2.05) is 48.5 Å². The van der Waals surface area contributed by atoms with Crippen LogP contribution in [-0.4, -0.2) is 19.6 Å². The molecule has 0 bridgehead atoms. The van der Waals surface area contributed by atoms with Gasteiger partial charge in [-0.3, -0.25) is 4.99 Å². The smallest absolute Gasteiger partial charge is 0.193 e. The number of aliphatic imine (C=N–C) groups is 1. The molecule has 0 atom stereocenters. The number of nitrogens with zero attached hydrogens (tertiary/aromatic N) is 1. The van der Waals surface area contributed by atoms with Crippen LogP contribution in [0.2, 0.25) is 5.02 Å². The summed E-state index contributed by atoms with van der Waals surface area (Å²) >= 11 is 6.28. The highest BCUT2D eigenvalue weighted by atomic mass is 127. The molecule has 0 aliphatic heterocycles. The minimum atomic E-state index is -0.217. The lowest BCUT2D eigenvalue weighted by atomic mass is 9.85. The van der Waals surface area contributed by atoms with Gasteiger partial charge in [-0.25, -0.2) is 0 Å². The summed E-state index contributed by atoms with van der Waals surface area (Å²) in [4.78, 5) is 4.45. The summed E-state index contributed by atoms with van der Waals surface area (Å²) in [5.41, 5.74) is 7.62. The normalized spacial score (nSPS) is 11.6. The number of guanidine groups is 1. The lowest BCUT2D eigenvalue weighted by molar-refractivity contribution is 0.417. The van der Waals surface area contributed by atoms with E-state index in [1.165, 1.54) is 0 Å². The quantitative estimate of drug-likeness (QED) is 0.388. The van der Waals surface area contributed by atoms with Crippen molar-refractivity contribution in [3.8, 4) is 5.75 Å². The zero-order valence-electron chi connectivity index (χ0n) is 14.0. The van der Waals surface area contributed by atoms with Crippen molar-refractivity contribution in [3.63, 3.8) is 0 Å². The molecule has 0 spiro atoms. The van der Waals surface area contributed by atoms with Gasteiger partial charge in [-0.15, -0.1) is 24.0 Å². The molecule has 130 valence electrons. The van der Waals surface area contributed by atoms with Crippen LogP contribution in [-0.2, 0) is 5.41 Å². The van der Waals surface area contributed by atoms with Crippen molar-refractivity contribution in [1.29, 1.82) is 0 Å². The molecule has 24 heavy (non-hydrogen) atoms. The van der Waals surface area contributed by atoms with Crippen LogP contribution in [0.25, 0.3) is 0 Å². The Bertz CT molecular complexity index is 704. The Labute approximate surface area is 165 Å². The van der Waals surface area contributed by atoms with Crippen LogP contribution in [0.15, 0.2) is 53.5 Å². The second kappa shape index (κ2) is 9.13. The highest BCUT2D eigenvalue weighted by Crippen LogP contribution is 2.30. The summed E-state index contributed by atoms with van der Waals surface area (Å²) in [6, 6.07) is 15.4. The molecular weight excluding hydrogens is 437 g/mol. The molecule has 6 heteroatoms. The third kappa shape index (κ3) is 5.27. The average molecular weight is 460 g/mol. The minimum Gasteiger partial charge on any atom is -0.495 e. The molecule has 0 heterocycles. The lowest BCUT2D eigenvalue weighted by Gasteiger charge is -2.24. The number of rotatable bonds is 5. The number of hydrogen-bond acceptors (Lipinski definition) is 2. The fraction of sp³-hybridized carbons (Fsp3) is 0.278. The Morgan fingerprint density at radius 3 is 2.46 bits per heavy atom. The van der Waals surface area contributed by atoms with Crippen molar-refractivity contribution < 1.29 is 4.74 Å². The summed E-state index contributed by atoms with van der Waals surface area (Å²) in [5.74, 6) is 1.06. The number of nitrogens with two attached hydrogens (primary N) is 1. The SMILES string of the molecule is COc1ccccc1NC(N)=NCC(C)(C)c1ccccc1Cl.I. The molecule has 0 unspecified atom stereocenters. The predicted octanol–water partition coefficient (Wildman–Crippen LogP) is 4.67. The Kier molecular flexibility index (Phi) is 7.83. The van der Waals surface area contributed by atoms with E-state index in [-0.39, 0.29) is 29.4 Å². The van der Waals surface area contributed by atoms with Gasteiger partial charge < -0.3 is 15.8 Å². The van der Waals surface area contributed by atoms with Gasteiger partial charge in [-0.1, -0.05) is 55.8 Å². The zero-order chi connectivity index (χ0) is 16.9. The van der Waals surface area contributed by atoms with E-state index in [9.17, 15) is 0 Å². The summed E-state index contributed by atoms with van der Waals surface area (Å²) in [6.07, 6.45) is 0. The molecule has 2 aromatic rings. The fourth-order valence-corrected chi connectivity index (χ4v) is 2.69. The molecule has 0 amide bonds. The minimum absolute atomic E-state index is 0. The van der Waals surface area contributed by atoms with Crippen LogP contribution in [0.5, 0.6) is 5.75 Å². The molecule has 0 saturated heterocycles. The maximum atomic E-state index is 6.28. The van der Waals surface area contributed by atoms with Crippen LogP contribution in [0.3, 0.4) is 0 Å². The van der Waals surface area contributed by atoms with Crippen molar-refractivity contribution >= 4 is 47.2 Å². The number of nitrogens with one attached hydrogen (secondary N) is 1. The summed E-state index contributed by atoms with van der Waals surface area (Å²) in [6.45, 7) is 4.70. The van der Waals surface area contributed by atoms with Crippen LogP contribution >= 0.6 is 35.6 Å². The first-order valence-corrected chi connectivity index (χ1v) is 7.77. The molecule has 2 rings (SSSR count). The lowest BCUT2D eigenvalue weighted by Crippen LogP contribution is -2.28. The number of anilines is 1. The predicted molar refractivity (Wildman–Crippen MR) is 113 cm³/mol. The van der Waals surface area contributed by atoms with Gasteiger partial charge in [0.05, 0.1) is 19.3 Å². The number of benzene rings is 2. The van der Waals surface area contributed by atoms with Gasteiger partial charge in [0, 0.05) is 10.4 Å². The number of ether oxygens (including phenoxy) is 1. The number of hydrogen-bond donors (Lipinski definition) is 2. The molecule has 4 nitrogen and oxygen atoms in total. The van der Waals surface area contributed by atoms with Crippen molar-refractivity contribution in [3.05, 3.63) is 59.1 Å². The van der Waals surface area contributed by atoms with Gasteiger partial charge in [0.25, 0.3) is 0 Å². The van der Waals surface area contributed by atoms with Crippen LogP contribution in [0, 0.1) is 0 Å². The maximum absolute atomic E-state index is 6.28. The third-order valence-electron chi connectivity index (χ3n) is 3.62. The molecule has 0 aliphatic carbocycles. The molecule has 0 radical (unpaired) electrons. The maximum Gasteiger partial charge on any atom is 0.193 e. The van der Waals surface area contributed by atoms with Gasteiger partial charge in [-0.2, -0.15) is 0 Å². The average Bonchev–Trinajstić information content (AvgIpc) is 2.54. The number of methoxy groups -OCH3 is 1. The Morgan fingerprint density at radius 2 is 1.79 bits per heavy atom. The summed E-state index contributed by atoms with van der Waals surface area (Å²) in [7, 11) is 1.62. The molecule has 0 saturated carbocycles. The van der Waals surface area contributed by atoms with Crippen molar-refractivity contribution in [2.75, 3.05) is 19.0 Å². The van der Waals surface area contributed by atoms with E-state index in [1.54, 1.807) is 7.11 Å². The van der Waals surface area contributed by atoms with E-state index < -0.39 is 0 Å². The molecule has 3 N–H and O–H groups in total. The van der Waals surface area contributed by atoms with E-state index in [0.717, 1.165) is 22.0 Å². The second-order valence-electron chi connectivity index (χ2n) is 5.89. The van der Waals surface area contributed by atoms with Gasteiger partial charge >= 0.3 is 0 Å². The van der Waals surface area contributed by atoms with Crippen molar-refractivity contribution in [2.45, 2.75) is 19.3 Å². The van der Waals surface area contributed by atoms with E-state index in [2.05, 4.69) is 24.2 Å². The number of para-hydroxylation sites is 2. The first-order valence-electron chi connectivity index (χ1n) is 7.39. The van der Waals surface area contributed by atoms with E-state index in [0.29, 0.717) is 12.5 Å². The molecule has 0 aromatic heterocycles. The van der Waals surface area contributed by atoms with E-state index in [4.69, 9.17) is 22.1 Å². The standard InChI is InChI=1S/C18H22ClN3O.HI/c1-18(2,13-8-4-5-9-14(13)19)12-21-17(20)22-15-10-6-7-11-16(15)23-3;/h4-11H,12H2,1-3H3,(H3,20,21,22);1H. The Hall–Kier alpha value is -1.47. The van der Waals surface area contributed by atoms with Crippen molar-refractivity contribution in [2.24, 2.45) is 10.7 Å². The number of halogens is 2.